The van der Waals surface area contributed by atoms with Gasteiger partial charge in [-0.3, -0.25) is 4.79 Å². The fraction of sp³-hybridized carbons (Fsp3) is 0. The standard InChI is InChI=1S/C22H15N2O2P/c25-22-18-13-7-8-14-19(18)26-24-21(22)20(15-23-24)27(16-9-3-1-4-10-16)17-11-5-2-6-12-17/h1-15H. The Morgan fingerprint density at radius 1 is 0.778 bits per heavy atom. The van der Waals surface area contributed by atoms with Gasteiger partial charge in [-0.2, -0.15) is 0 Å². The molecule has 130 valence electrons. The van der Waals surface area contributed by atoms with E-state index in [2.05, 4.69) is 29.4 Å². The number of fused-ring (bicyclic) bond motifs is 2. The predicted molar refractivity (Wildman–Crippen MR) is 110 cm³/mol. The minimum atomic E-state index is -0.924. The number of para-hydroxylation sites is 1. The van der Waals surface area contributed by atoms with E-state index in [4.69, 9.17) is 4.52 Å². The molecule has 0 atom stereocenters. The molecule has 3 aromatic carbocycles. The van der Waals surface area contributed by atoms with Crippen molar-refractivity contribution in [2.24, 2.45) is 0 Å². The van der Waals surface area contributed by atoms with E-state index >= 15 is 0 Å². The summed E-state index contributed by atoms with van der Waals surface area (Å²) in [5.74, 6) is 0. The summed E-state index contributed by atoms with van der Waals surface area (Å²) in [5, 5.41) is 8.18. The quantitative estimate of drug-likeness (QED) is 0.458. The molecule has 0 unspecified atom stereocenters. The highest BCUT2D eigenvalue weighted by Crippen LogP contribution is 2.33. The zero-order chi connectivity index (χ0) is 18.2. The van der Waals surface area contributed by atoms with Crippen molar-refractivity contribution in [1.29, 1.82) is 0 Å². The van der Waals surface area contributed by atoms with Crippen LogP contribution >= 0.6 is 7.92 Å². The summed E-state index contributed by atoms with van der Waals surface area (Å²) in [6.45, 7) is 0. The Labute approximate surface area is 156 Å². The molecule has 5 rings (SSSR count). The molecular weight excluding hydrogens is 355 g/mol. The van der Waals surface area contributed by atoms with Crippen molar-refractivity contribution >= 4 is 40.3 Å². The van der Waals surface area contributed by atoms with Crippen molar-refractivity contribution in [2.45, 2.75) is 0 Å². The summed E-state index contributed by atoms with van der Waals surface area (Å²) in [7, 11) is -0.924. The Bertz CT molecular complexity index is 1250. The van der Waals surface area contributed by atoms with Gasteiger partial charge in [0.15, 0.2) is 11.1 Å². The number of hydrogen-bond donors (Lipinski definition) is 0. The molecule has 2 heterocycles. The van der Waals surface area contributed by atoms with Crippen LogP contribution in [0.2, 0.25) is 0 Å². The molecule has 0 spiro atoms. The minimum Gasteiger partial charge on any atom is -0.357 e. The van der Waals surface area contributed by atoms with Gasteiger partial charge in [-0.1, -0.05) is 77.5 Å². The average Bonchev–Trinajstić information content (AvgIpc) is 3.14. The number of nitrogens with zero attached hydrogens (tertiary/aromatic N) is 2. The predicted octanol–water partition coefficient (Wildman–Crippen LogP) is 3.20. The molecule has 0 aliphatic heterocycles. The summed E-state index contributed by atoms with van der Waals surface area (Å²) >= 11 is 0. The Kier molecular flexibility index (Phi) is 3.84. The first-order chi connectivity index (χ1) is 13.3. The molecule has 0 amide bonds. The van der Waals surface area contributed by atoms with Crippen molar-refractivity contribution in [1.82, 2.24) is 9.79 Å². The van der Waals surface area contributed by atoms with E-state index in [1.165, 1.54) is 15.3 Å². The first kappa shape index (κ1) is 16.0. The van der Waals surface area contributed by atoms with Gasteiger partial charge in [0.2, 0.25) is 5.43 Å². The summed E-state index contributed by atoms with van der Waals surface area (Å²) in [6.07, 6.45) is 1.77. The Hall–Kier alpha value is -3.23. The van der Waals surface area contributed by atoms with Crippen molar-refractivity contribution in [3.63, 3.8) is 0 Å². The van der Waals surface area contributed by atoms with Crippen LogP contribution in [-0.2, 0) is 0 Å². The van der Waals surface area contributed by atoms with Crippen molar-refractivity contribution < 1.29 is 4.52 Å². The second-order valence-electron chi connectivity index (χ2n) is 6.17. The molecule has 5 heteroatoms. The fourth-order valence-electron chi connectivity index (χ4n) is 3.30. The molecule has 0 aliphatic rings. The molecule has 5 aromatic rings. The largest absolute Gasteiger partial charge is 0.357 e. The van der Waals surface area contributed by atoms with E-state index in [0.717, 1.165) is 5.30 Å². The Morgan fingerprint density at radius 2 is 1.37 bits per heavy atom. The number of benzene rings is 3. The van der Waals surface area contributed by atoms with Crippen LogP contribution in [0.5, 0.6) is 0 Å². The van der Waals surface area contributed by atoms with Crippen LogP contribution in [0.4, 0.5) is 0 Å². The van der Waals surface area contributed by atoms with Crippen molar-refractivity contribution in [2.75, 3.05) is 0 Å². The third kappa shape index (κ3) is 2.66. The van der Waals surface area contributed by atoms with Gasteiger partial charge in [0.25, 0.3) is 0 Å². The summed E-state index contributed by atoms with van der Waals surface area (Å²) in [4.78, 5) is 13.2. The van der Waals surface area contributed by atoms with Gasteiger partial charge in [0, 0.05) is 5.30 Å². The van der Waals surface area contributed by atoms with E-state index in [0.29, 0.717) is 16.5 Å². The highest BCUT2D eigenvalue weighted by molar-refractivity contribution is 7.80. The molecular formula is C22H15N2O2P. The lowest BCUT2D eigenvalue weighted by atomic mass is 10.2. The van der Waals surface area contributed by atoms with E-state index in [1.54, 1.807) is 18.3 Å². The van der Waals surface area contributed by atoms with Gasteiger partial charge in [-0.05, 0) is 30.7 Å². The van der Waals surface area contributed by atoms with Crippen LogP contribution in [0.1, 0.15) is 0 Å². The van der Waals surface area contributed by atoms with E-state index < -0.39 is 7.92 Å². The molecule has 0 saturated heterocycles. The third-order valence-electron chi connectivity index (χ3n) is 4.52. The molecule has 0 N–H and O–H groups in total. The first-order valence-corrected chi connectivity index (χ1v) is 9.97. The lowest BCUT2D eigenvalue weighted by molar-refractivity contribution is 0.357. The second kappa shape index (κ2) is 6.49. The van der Waals surface area contributed by atoms with Crippen LogP contribution in [0.15, 0.2) is 100 Å². The van der Waals surface area contributed by atoms with Crippen molar-refractivity contribution in [3.05, 3.63) is 101 Å². The maximum Gasteiger partial charge on any atom is 0.219 e. The van der Waals surface area contributed by atoms with Gasteiger partial charge in [-0.15, -0.1) is 5.10 Å². The number of hydrogen-bond acceptors (Lipinski definition) is 3. The van der Waals surface area contributed by atoms with Crippen LogP contribution < -0.4 is 21.3 Å². The van der Waals surface area contributed by atoms with Crippen LogP contribution in [-0.4, -0.2) is 9.79 Å². The van der Waals surface area contributed by atoms with Crippen LogP contribution in [0, 0.1) is 0 Å². The lowest BCUT2D eigenvalue weighted by Gasteiger charge is -2.17. The average molecular weight is 370 g/mol. The molecule has 0 bridgehead atoms. The minimum absolute atomic E-state index is 0.0521. The molecule has 4 nitrogen and oxygen atoms in total. The Morgan fingerprint density at radius 3 is 2.04 bits per heavy atom. The SMILES string of the molecule is O=c1c2ccccc2on2ncc(P(c3ccccc3)c3ccccc3)c12. The lowest BCUT2D eigenvalue weighted by Crippen LogP contribution is -2.23. The molecule has 0 saturated carbocycles. The number of rotatable bonds is 3. The van der Waals surface area contributed by atoms with Crippen molar-refractivity contribution in [3.8, 4) is 0 Å². The van der Waals surface area contributed by atoms with Gasteiger partial charge in [0.1, 0.15) is 0 Å². The van der Waals surface area contributed by atoms with Gasteiger partial charge in [0.05, 0.1) is 11.6 Å². The highest BCUT2D eigenvalue weighted by Gasteiger charge is 2.23. The van der Waals surface area contributed by atoms with Gasteiger partial charge in [-0.25, -0.2) is 0 Å². The third-order valence-corrected chi connectivity index (χ3v) is 6.96. The highest BCUT2D eigenvalue weighted by atomic mass is 31.1. The zero-order valence-corrected chi connectivity index (χ0v) is 15.2. The van der Waals surface area contributed by atoms with Crippen LogP contribution in [0.25, 0.3) is 16.5 Å². The zero-order valence-electron chi connectivity index (χ0n) is 14.3. The maximum atomic E-state index is 13.2. The van der Waals surface area contributed by atoms with E-state index in [9.17, 15) is 4.79 Å². The molecule has 0 fully saturated rings. The van der Waals surface area contributed by atoms with E-state index in [-0.39, 0.29) is 5.43 Å². The smallest absolute Gasteiger partial charge is 0.219 e. The molecule has 0 aliphatic carbocycles. The molecule has 2 aromatic heterocycles. The summed E-state index contributed by atoms with van der Waals surface area (Å²) < 4.78 is 7.21. The van der Waals surface area contributed by atoms with Crippen LogP contribution in [0.3, 0.4) is 0 Å². The topological polar surface area (TPSA) is 47.5 Å². The van der Waals surface area contributed by atoms with Gasteiger partial charge >= 0.3 is 0 Å². The molecule has 27 heavy (non-hydrogen) atoms. The second-order valence-corrected chi connectivity index (χ2v) is 8.36. The fourth-order valence-corrected chi connectivity index (χ4v) is 5.66. The van der Waals surface area contributed by atoms with E-state index in [1.807, 2.05) is 48.5 Å². The summed E-state index contributed by atoms with van der Waals surface area (Å²) in [5.41, 5.74) is 0.990. The van der Waals surface area contributed by atoms with Gasteiger partial charge < -0.3 is 4.52 Å². The monoisotopic (exact) mass is 370 g/mol. The maximum absolute atomic E-state index is 13.2. The molecule has 0 radical (unpaired) electrons. The first-order valence-electron chi connectivity index (χ1n) is 8.63. The number of aromatic nitrogens is 2. The Balaban J connectivity index is 1.84. The summed E-state index contributed by atoms with van der Waals surface area (Å²) in [6, 6.07) is 27.8. The normalized spacial score (nSPS) is 11.4.